The third-order valence-corrected chi connectivity index (χ3v) is 5.91. The van der Waals surface area contributed by atoms with Crippen molar-refractivity contribution in [3.8, 4) is 6.07 Å². The topological polar surface area (TPSA) is 78.6 Å². The van der Waals surface area contributed by atoms with Crippen LogP contribution in [-0.4, -0.2) is 34.8 Å². The summed E-state index contributed by atoms with van der Waals surface area (Å²) in [4.78, 5) is 23.9. The molecule has 0 radical (unpaired) electrons. The lowest BCUT2D eigenvalue weighted by Gasteiger charge is -2.31. The number of rotatable bonds is 4. The molecule has 1 aromatic heterocycles. The van der Waals surface area contributed by atoms with Crippen LogP contribution in [0.4, 0.5) is 4.39 Å². The van der Waals surface area contributed by atoms with E-state index in [9.17, 15) is 14.4 Å². The first-order valence-corrected chi connectivity index (χ1v) is 10.3. The summed E-state index contributed by atoms with van der Waals surface area (Å²) in [5, 5.41) is 12.2. The third kappa shape index (κ3) is 3.52. The van der Waals surface area contributed by atoms with E-state index in [1.165, 1.54) is 29.5 Å². The minimum atomic E-state index is -0.773. The summed E-state index contributed by atoms with van der Waals surface area (Å²) in [7, 11) is 0. The summed E-state index contributed by atoms with van der Waals surface area (Å²) >= 11 is 7.73. The quantitative estimate of drug-likeness (QED) is 0.682. The van der Waals surface area contributed by atoms with Crippen LogP contribution in [0, 0.1) is 23.1 Å². The van der Waals surface area contributed by atoms with Gasteiger partial charge in [0.05, 0.1) is 24.2 Å². The molecule has 1 aromatic carbocycles. The number of thiazole rings is 1. The lowest BCUT2D eigenvalue weighted by atomic mass is 9.94. The van der Waals surface area contributed by atoms with Crippen molar-refractivity contribution in [2.75, 3.05) is 13.2 Å². The number of benzene rings is 1. The van der Waals surface area contributed by atoms with Gasteiger partial charge in [0, 0.05) is 40.8 Å². The van der Waals surface area contributed by atoms with E-state index < -0.39 is 17.8 Å². The van der Waals surface area contributed by atoms with Crippen molar-refractivity contribution in [3.05, 3.63) is 62.5 Å². The molecule has 0 bridgehead atoms. The number of carbonyl (C=O) groups excluding carboxylic acids is 1. The van der Waals surface area contributed by atoms with Crippen LogP contribution in [0.25, 0.3) is 0 Å². The van der Waals surface area contributed by atoms with Gasteiger partial charge in [-0.15, -0.1) is 11.3 Å². The SMILES string of the molecule is CCOC(=O)C1=C2C[C@@H](C#N)CN2C(c2nccs2)=N[C@H]1c1ccc(F)cc1Cl. The number of nitrogens with zero attached hydrogens (tertiary/aromatic N) is 4. The molecule has 0 spiro atoms. The minimum Gasteiger partial charge on any atom is -0.463 e. The summed E-state index contributed by atoms with van der Waals surface area (Å²) < 4.78 is 18.9. The van der Waals surface area contributed by atoms with Gasteiger partial charge in [-0.05, 0) is 19.1 Å². The highest BCUT2D eigenvalue weighted by Gasteiger charge is 2.42. The molecule has 0 unspecified atom stereocenters. The van der Waals surface area contributed by atoms with Crippen molar-refractivity contribution in [2.45, 2.75) is 19.4 Å². The lowest BCUT2D eigenvalue weighted by Crippen LogP contribution is -2.35. The zero-order valence-electron chi connectivity index (χ0n) is 15.4. The molecule has 0 saturated carbocycles. The highest BCUT2D eigenvalue weighted by Crippen LogP contribution is 2.43. The van der Waals surface area contributed by atoms with Crippen LogP contribution in [0.3, 0.4) is 0 Å². The smallest absolute Gasteiger partial charge is 0.338 e. The average Bonchev–Trinajstić information content (AvgIpc) is 3.37. The van der Waals surface area contributed by atoms with Crippen LogP contribution in [-0.2, 0) is 9.53 Å². The average molecular weight is 431 g/mol. The number of aliphatic imine (C=N–C) groups is 1. The molecule has 0 N–H and O–H groups in total. The van der Waals surface area contributed by atoms with Crippen LogP contribution in [0.1, 0.15) is 30.0 Å². The molecule has 0 aliphatic carbocycles. The van der Waals surface area contributed by atoms with Crippen LogP contribution in [0.2, 0.25) is 5.02 Å². The summed E-state index contributed by atoms with van der Waals surface area (Å²) in [5.41, 5.74) is 1.51. The second-order valence-corrected chi connectivity index (χ2v) is 7.88. The van der Waals surface area contributed by atoms with Crippen molar-refractivity contribution in [1.82, 2.24) is 9.88 Å². The van der Waals surface area contributed by atoms with Crippen molar-refractivity contribution >= 4 is 34.7 Å². The summed E-state index contributed by atoms with van der Waals surface area (Å²) in [6, 6.07) is 5.51. The number of ether oxygens (including phenoxy) is 1. The largest absolute Gasteiger partial charge is 0.463 e. The molecule has 1 fully saturated rings. The predicted octanol–water partition coefficient (Wildman–Crippen LogP) is 4.10. The van der Waals surface area contributed by atoms with Crippen LogP contribution in [0.15, 0.2) is 46.0 Å². The van der Waals surface area contributed by atoms with Crippen LogP contribution >= 0.6 is 22.9 Å². The van der Waals surface area contributed by atoms with E-state index in [1.807, 2.05) is 10.3 Å². The molecule has 6 nitrogen and oxygen atoms in total. The van der Waals surface area contributed by atoms with Gasteiger partial charge in [0.1, 0.15) is 11.9 Å². The van der Waals surface area contributed by atoms with E-state index in [0.717, 1.165) is 0 Å². The van der Waals surface area contributed by atoms with Gasteiger partial charge in [0.2, 0.25) is 0 Å². The molecular formula is C20H16ClFN4O2S. The van der Waals surface area contributed by atoms with Crippen molar-refractivity contribution in [2.24, 2.45) is 10.9 Å². The molecule has 29 heavy (non-hydrogen) atoms. The molecule has 2 atom stereocenters. The Labute approximate surface area is 175 Å². The number of nitriles is 1. The summed E-state index contributed by atoms with van der Waals surface area (Å²) in [5.74, 6) is -0.706. The van der Waals surface area contributed by atoms with Crippen LogP contribution in [0.5, 0.6) is 0 Å². The first-order chi connectivity index (χ1) is 14.0. The van der Waals surface area contributed by atoms with Gasteiger partial charge in [-0.3, -0.25) is 4.99 Å². The standard InChI is InChI=1S/C20H16ClFN4O2S/c1-2-28-20(27)16-15-7-11(9-23)10-26(15)18(19-24-5-6-29-19)25-17(16)13-4-3-12(22)8-14(13)21/h3-6,8,11,17H,2,7,10H2,1H3/t11-,17-/m0/s1. The molecule has 0 amide bonds. The van der Waals surface area contributed by atoms with E-state index in [2.05, 4.69) is 11.1 Å². The first-order valence-electron chi connectivity index (χ1n) is 9.03. The zero-order chi connectivity index (χ0) is 20.5. The number of hydrogen-bond donors (Lipinski definition) is 0. The lowest BCUT2D eigenvalue weighted by molar-refractivity contribution is -0.139. The fraction of sp³-hybridized carbons (Fsp3) is 0.300. The molecule has 3 heterocycles. The van der Waals surface area contributed by atoms with E-state index in [0.29, 0.717) is 40.6 Å². The molecule has 2 aromatic rings. The monoisotopic (exact) mass is 430 g/mol. The minimum absolute atomic E-state index is 0.169. The Morgan fingerprint density at radius 1 is 1.52 bits per heavy atom. The maximum atomic E-state index is 13.6. The Morgan fingerprint density at radius 2 is 2.34 bits per heavy atom. The number of hydrogen-bond acceptors (Lipinski definition) is 7. The molecular weight excluding hydrogens is 415 g/mol. The number of carbonyl (C=O) groups is 1. The summed E-state index contributed by atoms with van der Waals surface area (Å²) in [6.45, 7) is 2.34. The van der Waals surface area contributed by atoms with Crippen LogP contribution < -0.4 is 0 Å². The van der Waals surface area contributed by atoms with Gasteiger partial charge in [0.15, 0.2) is 10.8 Å². The molecule has 2 aliphatic heterocycles. The molecule has 1 saturated heterocycles. The molecule has 9 heteroatoms. The van der Waals surface area contributed by atoms with E-state index in [4.69, 9.17) is 21.3 Å². The fourth-order valence-corrected chi connectivity index (χ4v) is 4.51. The Balaban J connectivity index is 1.92. The van der Waals surface area contributed by atoms with Gasteiger partial charge in [-0.2, -0.15) is 5.26 Å². The number of aromatic nitrogens is 1. The normalized spacial score (nSPS) is 20.9. The number of halogens is 2. The molecule has 2 aliphatic rings. The predicted molar refractivity (Wildman–Crippen MR) is 107 cm³/mol. The number of allylic oxidation sites excluding steroid dienone is 1. The number of esters is 1. The van der Waals surface area contributed by atoms with E-state index in [1.54, 1.807) is 13.1 Å². The Hall–Kier alpha value is -2.76. The molecule has 4 rings (SSSR count). The zero-order valence-corrected chi connectivity index (χ0v) is 17.0. The highest BCUT2D eigenvalue weighted by atomic mass is 35.5. The van der Waals surface area contributed by atoms with Gasteiger partial charge in [-0.25, -0.2) is 14.2 Å². The number of amidine groups is 1. The Bertz CT molecular complexity index is 1060. The Morgan fingerprint density at radius 3 is 3.00 bits per heavy atom. The molecule has 148 valence electrons. The fourth-order valence-electron chi connectivity index (χ4n) is 3.60. The van der Waals surface area contributed by atoms with Gasteiger partial charge in [0.25, 0.3) is 0 Å². The van der Waals surface area contributed by atoms with E-state index in [-0.39, 0.29) is 17.5 Å². The van der Waals surface area contributed by atoms with Gasteiger partial charge >= 0.3 is 5.97 Å². The summed E-state index contributed by atoms with van der Waals surface area (Å²) in [6.07, 6.45) is 2.06. The Kier molecular flexibility index (Phi) is 5.35. The van der Waals surface area contributed by atoms with Gasteiger partial charge in [-0.1, -0.05) is 17.7 Å². The first kappa shape index (κ1) is 19.6. The maximum absolute atomic E-state index is 13.6. The van der Waals surface area contributed by atoms with Crippen molar-refractivity contribution in [1.29, 1.82) is 5.26 Å². The van der Waals surface area contributed by atoms with E-state index >= 15 is 0 Å². The van der Waals surface area contributed by atoms with Crippen molar-refractivity contribution < 1.29 is 13.9 Å². The highest BCUT2D eigenvalue weighted by molar-refractivity contribution is 7.11. The second kappa shape index (κ2) is 7.93. The van der Waals surface area contributed by atoms with Crippen molar-refractivity contribution in [3.63, 3.8) is 0 Å². The number of fused-ring (bicyclic) bond motifs is 1. The second-order valence-electron chi connectivity index (χ2n) is 6.58. The maximum Gasteiger partial charge on any atom is 0.338 e. The van der Waals surface area contributed by atoms with Gasteiger partial charge < -0.3 is 9.64 Å². The third-order valence-electron chi connectivity index (χ3n) is 4.82.